The summed E-state index contributed by atoms with van der Waals surface area (Å²) in [7, 11) is 0. The molecule has 1 heterocycles. The van der Waals surface area contributed by atoms with Crippen LogP contribution in [0.4, 0.5) is 0 Å². The predicted octanol–water partition coefficient (Wildman–Crippen LogP) is -1.87. The number of benzene rings is 2. The van der Waals surface area contributed by atoms with Crippen molar-refractivity contribution in [3.8, 4) is 23.0 Å². The minimum absolute atomic E-state index is 0.0406. The van der Waals surface area contributed by atoms with E-state index in [9.17, 15) is 20.4 Å². The van der Waals surface area contributed by atoms with Crippen LogP contribution in [0.15, 0.2) is 24.3 Å². The average molecular weight is 374 g/mol. The summed E-state index contributed by atoms with van der Waals surface area (Å²) >= 11 is -0.0813. The molecule has 0 unspecified atom stereocenters. The molecular weight excluding hydrogens is 366 g/mol. The Kier molecular flexibility index (Phi) is 2.68. The zero-order chi connectivity index (χ0) is 12.9. The molecular formula is C12H8O4Se2. The maximum absolute atomic E-state index is 9.50. The molecule has 0 atom stereocenters. The second kappa shape index (κ2) is 4.11. The van der Waals surface area contributed by atoms with Crippen LogP contribution in [-0.2, 0) is 0 Å². The SMILES string of the molecule is Oc1cc2c(cc1O)[Se]c1cc(O)c(O)cc1[Se]2. The fourth-order valence-electron chi connectivity index (χ4n) is 1.63. The third-order valence-corrected chi connectivity index (χ3v) is 8.51. The zero-order valence-corrected chi connectivity index (χ0v) is 12.3. The molecule has 0 saturated carbocycles. The van der Waals surface area contributed by atoms with Gasteiger partial charge in [-0.2, -0.15) is 0 Å². The summed E-state index contributed by atoms with van der Waals surface area (Å²) in [5.41, 5.74) is 0. The quantitative estimate of drug-likeness (QED) is 0.275. The van der Waals surface area contributed by atoms with Crippen LogP contribution in [0.3, 0.4) is 0 Å². The third kappa shape index (κ3) is 1.84. The van der Waals surface area contributed by atoms with E-state index >= 15 is 0 Å². The van der Waals surface area contributed by atoms with E-state index in [4.69, 9.17) is 0 Å². The van der Waals surface area contributed by atoms with E-state index in [0.717, 1.165) is 17.8 Å². The molecule has 2 aromatic carbocycles. The van der Waals surface area contributed by atoms with Crippen LogP contribution in [-0.4, -0.2) is 50.3 Å². The maximum atomic E-state index is 9.50. The van der Waals surface area contributed by atoms with Gasteiger partial charge in [0.2, 0.25) is 0 Å². The van der Waals surface area contributed by atoms with Gasteiger partial charge in [0.25, 0.3) is 0 Å². The molecule has 1 aliphatic heterocycles. The van der Waals surface area contributed by atoms with Crippen LogP contribution in [0.2, 0.25) is 0 Å². The summed E-state index contributed by atoms with van der Waals surface area (Å²) in [4.78, 5) is 0. The summed E-state index contributed by atoms with van der Waals surface area (Å²) in [5, 5.41) is 38.0. The molecule has 4 N–H and O–H groups in total. The van der Waals surface area contributed by atoms with Crippen molar-refractivity contribution in [2.24, 2.45) is 0 Å². The topological polar surface area (TPSA) is 80.9 Å². The number of fused-ring (bicyclic) bond motifs is 2. The minimum atomic E-state index is -0.113. The molecule has 0 bridgehead atoms. The fraction of sp³-hybridized carbons (Fsp3) is 0. The van der Waals surface area contributed by atoms with Gasteiger partial charge >= 0.3 is 115 Å². The molecule has 2 aromatic rings. The number of phenols is 4. The van der Waals surface area contributed by atoms with Gasteiger partial charge in [0.15, 0.2) is 0 Å². The van der Waals surface area contributed by atoms with Crippen LogP contribution in [0.5, 0.6) is 23.0 Å². The van der Waals surface area contributed by atoms with Crippen molar-refractivity contribution in [2.45, 2.75) is 0 Å². The Morgan fingerprint density at radius 1 is 0.500 bits per heavy atom. The first kappa shape index (κ1) is 11.8. The number of hydrogen-bond donors (Lipinski definition) is 4. The second-order valence-electron chi connectivity index (χ2n) is 3.78. The van der Waals surface area contributed by atoms with Crippen molar-refractivity contribution in [1.29, 1.82) is 0 Å². The van der Waals surface area contributed by atoms with Crippen LogP contribution in [0.25, 0.3) is 0 Å². The molecule has 0 amide bonds. The van der Waals surface area contributed by atoms with Crippen molar-refractivity contribution in [3.63, 3.8) is 0 Å². The van der Waals surface area contributed by atoms with Gasteiger partial charge in [0.05, 0.1) is 0 Å². The van der Waals surface area contributed by atoms with Crippen LogP contribution in [0, 0.1) is 0 Å². The number of rotatable bonds is 0. The number of phenolic OH excluding ortho intramolecular Hbond substituents is 4. The molecule has 6 heteroatoms. The van der Waals surface area contributed by atoms with E-state index in [2.05, 4.69) is 0 Å². The molecule has 0 spiro atoms. The fourth-order valence-corrected chi connectivity index (χ4v) is 7.21. The van der Waals surface area contributed by atoms with E-state index in [1.54, 1.807) is 24.3 Å². The molecule has 0 radical (unpaired) electrons. The molecule has 4 nitrogen and oxygen atoms in total. The van der Waals surface area contributed by atoms with Crippen LogP contribution < -0.4 is 17.8 Å². The van der Waals surface area contributed by atoms with E-state index in [1.807, 2.05) is 0 Å². The van der Waals surface area contributed by atoms with E-state index in [-0.39, 0.29) is 52.9 Å². The first-order valence-corrected chi connectivity index (χ1v) is 8.45. The van der Waals surface area contributed by atoms with Crippen molar-refractivity contribution in [2.75, 3.05) is 0 Å². The van der Waals surface area contributed by atoms with Gasteiger partial charge in [-0.25, -0.2) is 0 Å². The van der Waals surface area contributed by atoms with Crippen LogP contribution >= 0.6 is 0 Å². The average Bonchev–Trinajstić information content (AvgIpc) is 2.31. The van der Waals surface area contributed by atoms with Crippen molar-refractivity contribution >= 4 is 47.8 Å². The summed E-state index contributed by atoms with van der Waals surface area (Å²) in [6.07, 6.45) is 0. The molecule has 92 valence electrons. The normalized spacial score (nSPS) is 12.9. The summed E-state index contributed by atoms with van der Waals surface area (Å²) < 4.78 is 4.04. The molecule has 1 aliphatic rings. The third-order valence-electron chi connectivity index (χ3n) is 2.52. The zero-order valence-electron chi connectivity index (χ0n) is 8.91. The van der Waals surface area contributed by atoms with Gasteiger partial charge < -0.3 is 0 Å². The standard InChI is InChI=1S/C12H8O4Se2/c13-5-1-9-10(2-6(5)14)18-12-4-8(16)7(15)3-11(12)17-9/h1-4,13-16H. The van der Waals surface area contributed by atoms with E-state index < -0.39 is 0 Å². The number of aromatic hydroxyl groups is 4. The van der Waals surface area contributed by atoms with Gasteiger partial charge in [-0.05, 0) is 0 Å². The Hall–Kier alpha value is -1.32. The van der Waals surface area contributed by atoms with Gasteiger partial charge in [-0.1, -0.05) is 0 Å². The molecule has 18 heavy (non-hydrogen) atoms. The van der Waals surface area contributed by atoms with Crippen molar-refractivity contribution in [1.82, 2.24) is 0 Å². The first-order chi connectivity index (χ1) is 8.54. The predicted molar refractivity (Wildman–Crippen MR) is 69.6 cm³/mol. The van der Waals surface area contributed by atoms with E-state index in [1.165, 1.54) is 0 Å². The summed E-state index contributed by atoms with van der Waals surface area (Å²) in [5.74, 6) is -0.452. The van der Waals surface area contributed by atoms with E-state index in [0.29, 0.717) is 0 Å². The van der Waals surface area contributed by atoms with Crippen molar-refractivity contribution in [3.05, 3.63) is 24.3 Å². The number of hydrogen-bond acceptors (Lipinski definition) is 4. The summed E-state index contributed by atoms with van der Waals surface area (Å²) in [6.45, 7) is 0. The second-order valence-corrected chi connectivity index (χ2v) is 8.33. The molecule has 3 rings (SSSR count). The molecule has 0 fully saturated rings. The Balaban J connectivity index is 2.12. The monoisotopic (exact) mass is 376 g/mol. The Morgan fingerprint density at radius 2 is 0.722 bits per heavy atom. The Labute approximate surface area is 115 Å². The Bertz CT molecular complexity index is 544. The van der Waals surface area contributed by atoms with Crippen LogP contribution in [0.1, 0.15) is 0 Å². The Morgan fingerprint density at radius 3 is 0.944 bits per heavy atom. The van der Waals surface area contributed by atoms with Crippen molar-refractivity contribution < 1.29 is 20.4 Å². The molecule has 0 saturated heterocycles. The summed E-state index contributed by atoms with van der Waals surface area (Å²) in [6, 6.07) is 6.33. The van der Waals surface area contributed by atoms with Gasteiger partial charge in [-0.3, -0.25) is 0 Å². The first-order valence-electron chi connectivity index (χ1n) is 5.02. The molecule has 0 aromatic heterocycles. The molecule has 0 aliphatic carbocycles. The van der Waals surface area contributed by atoms with Gasteiger partial charge in [0.1, 0.15) is 0 Å². The van der Waals surface area contributed by atoms with Gasteiger partial charge in [-0.15, -0.1) is 0 Å². The van der Waals surface area contributed by atoms with Gasteiger partial charge in [0, 0.05) is 0 Å².